The van der Waals surface area contributed by atoms with Crippen molar-refractivity contribution < 1.29 is 14.7 Å². The summed E-state index contributed by atoms with van der Waals surface area (Å²) in [5.74, 6) is -1.54. The van der Waals surface area contributed by atoms with E-state index in [9.17, 15) is 14.7 Å². The van der Waals surface area contributed by atoms with Gasteiger partial charge in [0.15, 0.2) is 0 Å². The number of pyridine rings is 1. The maximum atomic E-state index is 13.1. The van der Waals surface area contributed by atoms with Gasteiger partial charge < -0.3 is 10.0 Å². The van der Waals surface area contributed by atoms with Crippen molar-refractivity contribution in [3.05, 3.63) is 88.5 Å². The largest absolute Gasteiger partial charge is 0.507 e. The Morgan fingerprint density at radius 2 is 1.83 bits per heavy atom. The Balaban J connectivity index is 1.90. The lowest BCUT2D eigenvalue weighted by molar-refractivity contribution is -0.140. The highest BCUT2D eigenvalue weighted by atomic mass is 16.3. The van der Waals surface area contributed by atoms with Crippen LogP contribution in [0.5, 0.6) is 0 Å². The fraction of sp³-hybridized carbons (Fsp3) is 0.217. The van der Waals surface area contributed by atoms with Crippen LogP contribution in [0.25, 0.3) is 5.76 Å². The van der Waals surface area contributed by atoms with E-state index >= 15 is 0 Å². The fourth-order valence-corrected chi connectivity index (χ4v) is 3.96. The van der Waals surface area contributed by atoms with E-state index in [1.165, 1.54) is 4.90 Å². The van der Waals surface area contributed by atoms with Gasteiger partial charge >= 0.3 is 0 Å². The number of carbonyl (C=O) groups excluding carboxylic acids is 2. The molecule has 7 heteroatoms. The summed E-state index contributed by atoms with van der Waals surface area (Å²) in [5, 5.41) is 15.5. The first kappa shape index (κ1) is 19.6. The Morgan fingerprint density at radius 1 is 1.10 bits per heavy atom. The number of aliphatic hydroxyl groups is 1. The van der Waals surface area contributed by atoms with Gasteiger partial charge in [-0.25, -0.2) is 0 Å². The second kappa shape index (κ2) is 7.59. The molecule has 1 amide bonds. The lowest BCUT2D eigenvalue weighted by Crippen LogP contribution is -2.29. The number of likely N-dealkylation sites (tertiary alicyclic amines) is 1. The second-order valence-electron chi connectivity index (χ2n) is 7.37. The van der Waals surface area contributed by atoms with Gasteiger partial charge in [-0.1, -0.05) is 36.4 Å². The average molecular weight is 402 g/mol. The third-order valence-corrected chi connectivity index (χ3v) is 5.48. The molecular weight excluding hydrogens is 380 g/mol. The molecule has 3 aromatic rings. The monoisotopic (exact) mass is 402 g/mol. The topological polar surface area (TPSA) is 88.3 Å². The van der Waals surface area contributed by atoms with Crippen LogP contribution in [0, 0.1) is 13.8 Å². The molecule has 30 heavy (non-hydrogen) atoms. The second-order valence-corrected chi connectivity index (χ2v) is 7.37. The van der Waals surface area contributed by atoms with E-state index in [1.807, 2.05) is 43.3 Å². The van der Waals surface area contributed by atoms with E-state index in [0.29, 0.717) is 11.3 Å². The number of aromatic nitrogens is 3. The molecule has 1 aliphatic heterocycles. The molecule has 1 saturated heterocycles. The van der Waals surface area contributed by atoms with Gasteiger partial charge in [-0.15, -0.1) is 0 Å². The third kappa shape index (κ3) is 3.18. The van der Waals surface area contributed by atoms with Crippen molar-refractivity contribution in [1.29, 1.82) is 0 Å². The Hall–Kier alpha value is -3.74. The number of benzene rings is 1. The number of Topliss-reactive ketones (excluding diaryl/α,β-unsaturated/α-hetero) is 1. The summed E-state index contributed by atoms with van der Waals surface area (Å²) in [5.41, 5.74) is 3.43. The molecule has 0 spiro atoms. The van der Waals surface area contributed by atoms with E-state index < -0.39 is 17.7 Å². The first-order chi connectivity index (χ1) is 14.4. The Labute approximate surface area is 174 Å². The number of rotatable bonds is 4. The molecule has 152 valence electrons. The molecule has 2 aromatic heterocycles. The van der Waals surface area contributed by atoms with Crippen LogP contribution in [-0.4, -0.2) is 36.5 Å². The molecular formula is C23H22N4O3. The lowest BCUT2D eigenvalue weighted by atomic mass is 9.94. The van der Waals surface area contributed by atoms with Gasteiger partial charge in [0, 0.05) is 31.7 Å². The summed E-state index contributed by atoms with van der Waals surface area (Å²) in [7, 11) is 1.77. The summed E-state index contributed by atoms with van der Waals surface area (Å²) >= 11 is 0. The van der Waals surface area contributed by atoms with Crippen LogP contribution in [0.4, 0.5) is 0 Å². The lowest BCUT2D eigenvalue weighted by Gasteiger charge is -2.25. The number of aliphatic hydroxyl groups excluding tert-OH is 1. The maximum Gasteiger partial charge on any atom is 0.295 e. The van der Waals surface area contributed by atoms with Crippen molar-refractivity contribution in [3.8, 4) is 0 Å². The van der Waals surface area contributed by atoms with Crippen LogP contribution in [0.2, 0.25) is 0 Å². The van der Waals surface area contributed by atoms with Crippen molar-refractivity contribution in [2.75, 3.05) is 0 Å². The minimum absolute atomic E-state index is 0.0780. The Bertz CT molecular complexity index is 1150. The molecule has 0 radical (unpaired) electrons. The molecule has 4 rings (SSSR count). The zero-order valence-corrected chi connectivity index (χ0v) is 17.0. The molecule has 0 aliphatic carbocycles. The number of aryl methyl sites for hydroxylation is 2. The summed E-state index contributed by atoms with van der Waals surface area (Å²) in [6.07, 6.45) is 3.32. The highest BCUT2D eigenvalue weighted by Crippen LogP contribution is 2.41. The molecule has 1 N–H and O–H groups in total. The molecule has 1 fully saturated rings. The van der Waals surface area contributed by atoms with Gasteiger partial charge in [-0.3, -0.25) is 19.3 Å². The number of amides is 1. The molecule has 0 unspecified atom stereocenters. The van der Waals surface area contributed by atoms with E-state index in [0.717, 1.165) is 16.8 Å². The molecule has 1 aliphatic rings. The fourth-order valence-electron chi connectivity index (χ4n) is 3.96. The van der Waals surface area contributed by atoms with Crippen LogP contribution in [0.3, 0.4) is 0 Å². The molecule has 1 aromatic carbocycles. The molecule has 0 saturated carbocycles. The van der Waals surface area contributed by atoms with Crippen molar-refractivity contribution in [3.63, 3.8) is 0 Å². The van der Waals surface area contributed by atoms with Crippen LogP contribution >= 0.6 is 0 Å². The van der Waals surface area contributed by atoms with Gasteiger partial charge in [0.2, 0.25) is 0 Å². The predicted molar refractivity (Wildman–Crippen MR) is 111 cm³/mol. The van der Waals surface area contributed by atoms with Gasteiger partial charge in [-0.2, -0.15) is 5.10 Å². The standard InChI is InChI=1S/C23H22N4O3/c1-14-18(15(2)26(3)25-14)21(28)19-20(17-9-5-4-6-10-17)27(23(30)22(19)29)13-16-8-7-11-24-12-16/h4-12,20,28H,13H2,1-3H3/t20-/m1/s1. The number of hydrogen-bond donors (Lipinski definition) is 1. The number of nitrogens with zero attached hydrogens (tertiary/aromatic N) is 4. The summed E-state index contributed by atoms with van der Waals surface area (Å²) < 4.78 is 1.65. The molecule has 3 heterocycles. The highest BCUT2D eigenvalue weighted by Gasteiger charge is 2.46. The minimum Gasteiger partial charge on any atom is -0.507 e. The first-order valence-corrected chi connectivity index (χ1v) is 9.63. The third-order valence-electron chi connectivity index (χ3n) is 5.48. The Morgan fingerprint density at radius 3 is 2.43 bits per heavy atom. The maximum absolute atomic E-state index is 13.1. The van der Waals surface area contributed by atoms with E-state index in [-0.39, 0.29) is 17.9 Å². The average Bonchev–Trinajstić information content (AvgIpc) is 3.15. The predicted octanol–water partition coefficient (Wildman–Crippen LogP) is 3.05. The van der Waals surface area contributed by atoms with Gasteiger partial charge in [0.25, 0.3) is 11.7 Å². The SMILES string of the molecule is Cc1nn(C)c(C)c1C(O)=C1C(=O)C(=O)N(Cc2cccnc2)[C@@H]1c1ccccc1. The highest BCUT2D eigenvalue weighted by molar-refractivity contribution is 6.46. The quantitative estimate of drug-likeness (QED) is 0.412. The van der Waals surface area contributed by atoms with Gasteiger partial charge in [-0.05, 0) is 31.0 Å². The number of hydrogen-bond acceptors (Lipinski definition) is 5. The first-order valence-electron chi connectivity index (χ1n) is 9.63. The number of carbonyl (C=O) groups is 2. The van der Waals surface area contributed by atoms with Crippen molar-refractivity contribution >= 4 is 17.4 Å². The number of ketones is 1. The van der Waals surface area contributed by atoms with E-state index in [4.69, 9.17) is 0 Å². The summed E-state index contributed by atoms with van der Waals surface area (Å²) in [6, 6.07) is 12.2. The molecule has 7 nitrogen and oxygen atoms in total. The van der Waals surface area contributed by atoms with Crippen LogP contribution in [0.1, 0.15) is 34.1 Å². The molecule has 1 atom stereocenters. The normalized spacial score (nSPS) is 18.2. The smallest absolute Gasteiger partial charge is 0.295 e. The van der Waals surface area contributed by atoms with Crippen LogP contribution in [-0.2, 0) is 23.2 Å². The van der Waals surface area contributed by atoms with Crippen molar-refractivity contribution in [1.82, 2.24) is 19.7 Å². The van der Waals surface area contributed by atoms with Crippen LogP contribution in [0.15, 0.2) is 60.4 Å². The van der Waals surface area contributed by atoms with Crippen LogP contribution < -0.4 is 0 Å². The van der Waals surface area contributed by atoms with Gasteiger partial charge in [0.05, 0.1) is 22.9 Å². The van der Waals surface area contributed by atoms with E-state index in [1.54, 1.807) is 37.1 Å². The van der Waals surface area contributed by atoms with Crippen molar-refractivity contribution in [2.45, 2.75) is 26.4 Å². The summed E-state index contributed by atoms with van der Waals surface area (Å²) in [6.45, 7) is 3.79. The minimum atomic E-state index is -0.703. The molecule has 0 bridgehead atoms. The zero-order chi connectivity index (χ0) is 21.4. The Kier molecular flexibility index (Phi) is 4.95. The zero-order valence-electron chi connectivity index (χ0n) is 17.0. The van der Waals surface area contributed by atoms with E-state index in [2.05, 4.69) is 10.1 Å². The van der Waals surface area contributed by atoms with Crippen molar-refractivity contribution in [2.24, 2.45) is 7.05 Å². The summed E-state index contributed by atoms with van der Waals surface area (Å²) in [4.78, 5) is 31.7. The van der Waals surface area contributed by atoms with Gasteiger partial charge in [0.1, 0.15) is 5.76 Å².